The topological polar surface area (TPSA) is 67.4 Å². The number of aryl methyl sites for hydroxylation is 1. The van der Waals surface area contributed by atoms with E-state index in [1.165, 1.54) is 7.11 Å². The van der Waals surface area contributed by atoms with E-state index in [1.807, 2.05) is 13.0 Å². The van der Waals surface area contributed by atoms with E-state index >= 15 is 0 Å². The van der Waals surface area contributed by atoms with Gasteiger partial charge in [0.05, 0.1) is 24.9 Å². The number of methoxy groups -OCH3 is 1. The number of anilines is 1. The van der Waals surface area contributed by atoms with Gasteiger partial charge >= 0.3 is 0 Å². The average Bonchev–Trinajstić information content (AvgIpc) is 2.53. The van der Waals surface area contributed by atoms with Gasteiger partial charge in [0.1, 0.15) is 17.4 Å². The Hall–Kier alpha value is -2.96. The molecule has 2 aromatic rings. The minimum absolute atomic E-state index is 0.336. The Morgan fingerprint density at radius 2 is 1.88 bits per heavy atom. The van der Waals surface area contributed by atoms with Crippen LogP contribution in [-0.4, -0.2) is 25.5 Å². The van der Waals surface area contributed by atoms with Gasteiger partial charge in [-0.1, -0.05) is 6.07 Å². The Labute approximate surface area is 137 Å². The third-order valence-electron chi connectivity index (χ3n) is 3.21. The molecular weight excluding hydrogens is 318 g/mol. The zero-order chi connectivity index (χ0) is 17.7. The fraction of sp³-hybridized carbons (Fsp3) is 0.176. The number of hydrogen-bond acceptors (Lipinski definition) is 3. The van der Waals surface area contributed by atoms with Gasteiger partial charge in [-0.3, -0.25) is 9.59 Å². The summed E-state index contributed by atoms with van der Waals surface area (Å²) in [5.74, 6) is -2.61. The van der Waals surface area contributed by atoms with Crippen molar-refractivity contribution >= 4 is 17.5 Å². The molecule has 0 radical (unpaired) electrons. The molecule has 0 saturated heterocycles. The van der Waals surface area contributed by atoms with Crippen LogP contribution in [0.4, 0.5) is 14.5 Å². The fourth-order valence-corrected chi connectivity index (χ4v) is 2.04. The lowest BCUT2D eigenvalue weighted by molar-refractivity contribution is -0.115. The summed E-state index contributed by atoms with van der Waals surface area (Å²) >= 11 is 0. The van der Waals surface area contributed by atoms with Crippen LogP contribution in [0.3, 0.4) is 0 Å². The van der Waals surface area contributed by atoms with Gasteiger partial charge in [-0.2, -0.15) is 0 Å². The zero-order valence-corrected chi connectivity index (χ0v) is 13.2. The second-order valence-electron chi connectivity index (χ2n) is 5.06. The largest absolute Gasteiger partial charge is 0.495 e. The van der Waals surface area contributed by atoms with Crippen molar-refractivity contribution in [2.24, 2.45) is 0 Å². The van der Waals surface area contributed by atoms with Crippen molar-refractivity contribution in [3.63, 3.8) is 0 Å². The van der Waals surface area contributed by atoms with Gasteiger partial charge < -0.3 is 15.4 Å². The van der Waals surface area contributed by atoms with Gasteiger partial charge in [-0.15, -0.1) is 0 Å². The molecule has 0 aliphatic rings. The lowest BCUT2D eigenvalue weighted by atomic mass is 10.2. The van der Waals surface area contributed by atoms with E-state index in [0.29, 0.717) is 17.5 Å². The molecule has 5 nitrogen and oxygen atoms in total. The highest BCUT2D eigenvalue weighted by Gasteiger charge is 2.14. The second kappa shape index (κ2) is 7.54. The summed E-state index contributed by atoms with van der Waals surface area (Å²) in [6.45, 7) is 1.49. The van der Waals surface area contributed by atoms with Gasteiger partial charge in [-0.05, 0) is 36.8 Å². The van der Waals surface area contributed by atoms with Crippen LogP contribution < -0.4 is 15.4 Å². The summed E-state index contributed by atoms with van der Waals surface area (Å²) in [7, 11) is 1.47. The molecule has 0 aliphatic carbocycles. The van der Waals surface area contributed by atoms with Crippen LogP contribution in [0.2, 0.25) is 0 Å². The van der Waals surface area contributed by atoms with Crippen LogP contribution in [-0.2, 0) is 4.79 Å². The minimum atomic E-state index is -0.992. The Kier molecular flexibility index (Phi) is 5.47. The summed E-state index contributed by atoms with van der Waals surface area (Å²) in [6, 6.07) is 7.84. The molecule has 0 saturated carbocycles. The molecule has 0 unspecified atom stereocenters. The third kappa shape index (κ3) is 4.28. The first-order chi connectivity index (χ1) is 11.4. The molecule has 0 aromatic heterocycles. The van der Waals surface area contributed by atoms with Crippen molar-refractivity contribution < 1.29 is 23.1 Å². The van der Waals surface area contributed by atoms with Crippen LogP contribution >= 0.6 is 0 Å². The molecule has 2 aromatic carbocycles. The van der Waals surface area contributed by atoms with Crippen molar-refractivity contribution in [1.29, 1.82) is 0 Å². The second-order valence-corrected chi connectivity index (χ2v) is 5.06. The van der Waals surface area contributed by atoms with Gasteiger partial charge in [0.25, 0.3) is 5.91 Å². The first kappa shape index (κ1) is 17.4. The standard InChI is InChI=1S/C17H16F2N2O3/c1-10-3-6-15(24-2)14(7-10)21-16(22)9-20-17(23)12-5-4-11(18)8-13(12)19/h3-8H,9H2,1-2H3,(H,20,23)(H,21,22). The molecule has 0 spiro atoms. The van der Waals surface area contributed by atoms with Crippen molar-refractivity contribution in [2.75, 3.05) is 19.0 Å². The quantitative estimate of drug-likeness (QED) is 0.883. The predicted molar refractivity (Wildman–Crippen MR) is 85.1 cm³/mol. The number of nitrogens with one attached hydrogen (secondary N) is 2. The molecule has 126 valence electrons. The highest BCUT2D eigenvalue weighted by molar-refractivity contribution is 6.00. The molecule has 2 N–H and O–H groups in total. The SMILES string of the molecule is COc1ccc(C)cc1NC(=O)CNC(=O)c1ccc(F)cc1F. The van der Waals surface area contributed by atoms with Gasteiger partial charge in [-0.25, -0.2) is 8.78 Å². The molecule has 7 heteroatoms. The van der Waals surface area contributed by atoms with E-state index in [2.05, 4.69) is 10.6 Å². The summed E-state index contributed by atoms with van der Waals surface area (Å²) in [5, 5.41) is 4.88. The lowest BCUT2D eigenvalue weighted by Crippen LogP contribution is -2.33. The number of halogens is 2. The van der Waals surface area contributed by atoms with Crippen LogP contribution in [0.5, 0.6) is 5.75 Å². The van der Waals surface area contributed by atoms with E-state index in [4.69, 9.17) is 4.74 Å². The van der Waals surface area contributed by atoms with E-state index < -0.39 is 23.4 Å². The smallest absolute Gasteiger partial charge is 0.254 e. The molecule has 0 heterocycles. The maximum Gasteiger partial charge on any atom is 0.254 e. The molecule has 0 aliphatic heterocycles. The van der Waals surface area contributed by atoms with Crippen LogP contribution in [0.15, 0.2) is 36.4 Å². The first-order valence-electron chi connectivity index (χ1n) is 7.08. The van der Waals surface area contributed by atoms with Gasteiger partial charge in [0.2, 0.25) is 5.91 Å². The van der Waals surface area contributed by atoms with Crippen molar-refractivity contribution in [3.8, 4) is 5.75 Å². The number of carbonyl (C=O) groups is 2. The number of benzene rings is 2. The molecule has 2 amide bonds. The highest BCUT2D eigenvalue weighted by Crippen LogP contribution is 2.24. The van der Waals surface area contributed by atoms with E-state index in [0.717, 1.165) is 17.7 Å². The van der Waals surface area contributed by atoms with Gasteiger partial charge in [0, 0.05) is 6.07 Å². The molecule has 0 atom stereocenters. The number of carbonyl (C=O) groups excluding carboxylic acids is 2. The first-order valence-corrected chi connectivity index (χ1v) is 7.08. The Morgan fingerprint density at radius 3 is 2.54 bits per heavy atom. The lowest BCUT2D eigenvalue weighted by Gasteiger charge is -2.11. The predicted octanol–water partition coefficient (Wildman–Crippen LogP) is 2.65. The number of ether oxygens (including phenoxy) is 1. The Morgan fingerprint density at radius 1 is 1.12 bits per heavy atom. The van der Waals surface area contributed by atoms with E-state index in [-0.39, 0.29) is 12.1 Å². The third-order valence-corrected chi connectivity index (χ3v) is 3.21. The number of hydrogen-bond donors (Lipinski definition) is 2. The minimum Gasteiger partial charge on any atom is -0.495 e. The maximum absolute atomic E-state index is 13.5. The Bertz CT molecular complexity index is 778. The van der Waals surface area contributed by atoms with Crippen LogP contribution in [0.1, 0.15) is 15.9 Å². The van der Waals surface area contributed by atoms with Crippen molar-refractivity contribution in [1.82, 2.24) is 5.32 Å². The summed E-state index contributed by atoms with van der Waals surface area (Å²) in [4.78, 5) is 23.8. The summed E-state index contributed by atoms with van der Waals surface area (Å²) in [6.07, 6.45) is 0. The maximum atomic E-state index is 13.5. The highest BCUT2D eigenvalue weighted by atomic mass is 19.1. The van der Waals surface area contributed by atoms with Crippen molar-refractivity contribution in [3.05, 3.63) is 59.2 Å². The molecule has 24 heavy (non-hydrogen) atoms. The monoisotopic (exact) mass is 334 g/mol. The normalized spacial score (nSPS) is 10.2. The molecule has 0 bridgehead atoms. The molecular formula is C17H16F2N2O3. The molecule has 0 fully saturated rings. The van der Waals surface area contributed by atoms with E-state index in [9.17, 15) is 18.4 Å². The number of rotatable bonds is 5. The zero-order valence-electron chi connectivity index (χ0n) is 13.2. The Balaban J connectivity index is 1.98. The van der Waals surface area contributed by atoms with Gasteiger partial charge in [0.15, 0.2) is 0 Å². The number of amides is 2. The summed E-state index contributed by atoms with van der Waals surface area (Å²) < 4.78 is 31.5. The fourth-order valence-electron chi connectivity index (χ4n) is 2.04. The van der Waals surface area contributed by atoms with E-state index in [1.54, 1.807) is 12.1 Å². The summed E-state index contributed by atoms with van der Waals surface area (Å²) in [5.41, 5.74) is 1.05. The van der Waals surface area contributed by atoms with Crippen LogP contribution in [0, 0.1) is 18.6 Å². The van der Waals surface area contributed by atoms with Crippen molar-refractivity contribution in [2.45, 2.75) is 6.92 Å². The molecule has 2 rings (SSSR count). The average molecular weight is 334 g/mol. The van der Waals surface area contributed by atoms with Crippen LogP contribution in [0.25, 0.3) is 0 Å².